The molecule has 0 atom stereocenters. The number of nitrogens with zero attached hydrogens (tertiary/aromatic N) is 1. The second-order valence-corrected chi connectivity index (χ2v) is 7.05. The van der Waals surface area contributed by atoms with E-state index in [2.05, 4.69) is 4.98 Å². The van der Waals surface area contributed by atoms with Crippen LogP contribution >= 0.6 is 23.2 Å². The van der Waals surface area contributed by atoms with Gasteiger partial charge in [-0.1, -0.05) is 35.3 Å². The van der Waals surface area contributed by atoms with Crippen molar-refractivity contribution in [2.24, 2.45) is 0 Å². The van der Waals surface area contributed by atoms with Crippen molar-refractivity contribution in [1.29, 1.82) is 0 Å². The summed E-state index contributed by atoms with van der Waals surface area (Å²) >= 11 is 12.4. The first-order valence-corrected chi connectivity index (χ1v) is 8.90. The van der Waals surface area contributed by atoms with Crippen molar-refractivity contribution < 1.29 is 18.0 Å². The number of pyridine rings is 1. The van der Waals surface area contributed by atoms with Gasteiger partial charge in [0, 0.05) is 27.2 Å². The number of benzene rings is 3. The number of fused-ring (bicyclic) bond motifs is 3. The number of carbonyl (C=O) groups excluding carboxylic acids is 1. The molecule has 0 bridgehead atoms. The highest BCUT2D eigenvalue weighted by Gasteiger charge is 2.31. The van der Waals surface area contributed by atoms with Gasteiger partial charge >= 0.3 is 6.18 Å². The fraction of sp³-hybridized carbons (Fsp3) is 0.0476. The lowest BCUT2D eigenvalue weighted by molar-refractivity contribution is -0.137. The molecule has 0 fully saturated rings. The lowest BCUT2D eigenvalue weighted by Gasteiger charge is -2.14. The fourth-order valence-corrected chi connectivity index (χ4v) is 3.73. The van der Waals surface area contributed by atoms with Gasteiger partial charge < -0.3 is 0 Å². The summed E-state index contributed by atoms with van der Waals surface area (Å²) in [6.07, 6.45) is -3.05. The van der Waals surface area contributed by atoms with Crippen LogP contribution in [0.3, 0.4) is 0 Å². The van der Waals surface area contributed by atoms with Crippen molar-refractivity contribution in [2.45, 2.75) is 6.18 Å². The van der Waals surface area contributed by atoms with Gasteiger partial charge in [0.15, 0.2) is 0 Å². The van der Waals surface area contributed by atoms with Gasteiger partial charge in [0.05, 0.1) is 5.56 Å². The fourth-order valence-electron chi connectivity index (χ4n) is 3.18. The molecular weight excluding hydrogens is 410 g/mol. The molecule has 0 saturated carbocycles. The van der Waals surface area contributed by atoms with E-state index >= 15 is 0 Å². The maximum absolute atomic E-state index is 13.3. The molecule has 0 unspecified atom stereocenters. The molecule has 0 aliphatic rings. The number of rotatable bonds is 2. The minimum absolute atomic E-state index is 0.188. The number of alkyl halides is 3. The summed E-state index contributed by atoms with van der Waals surface area (Å²) in [6, 6.07) is 12.7. The standard InChI is InChI=1S/C21H10Cl2F3NO/c22-12-8-15-14-7-11(21(24,25)26)4-5-13(14)17(10-16(15)18(23)9-12)20(28)19-3-1-2-6-27-19/h1-10H. The molecule has 2 nitrogen and oxygen atoms in total. The van der Waals surface area contributed by atoms with Gasteiger partial charge in [-0.3, -0.25) is 9.78 Å². The molecule has 0 N–H and O–H groups in total. The van der Waals surface area contributed by atoms with Crippen LogP contribution in [0.2, 0.25) is 10.0 Å². The van der Waals surface area contributed by atoms with E-state index in [4.69, 9.17) is 23.2 Å². The van der Waals surface area contributed by atoms with Crippen molar-refractivity contribution in [3.8, 4) is 0 Å². The first kappa shape index (κ1) is 18.7. The highest BCUT2D eigenvalue weighted by Crippen LogP contribution is 2.39. The summed E-state index contributed by atoms with van der Waals surface area (Å²) in [6.45, 7) is 0. The molecule has 0 radical (unpaired) electrons. The molecule has 1 aromatic heterocycles. The largest absolute Gasteiger partial charge is 0.416 e. The molecule has 1 heterocycles. The van der Waals surface area contributed by atoms with Crippen LogP contribution in [0, 0.1) is 0 Å². The molecule has 0 spiro atoms. The topological polar surface area (TPSA) is 30.0 Å². The molecule has 4 rings (SSSR count). The molecule has 4 aromatic rings. The van der Waals surface area contributed by atoms with Gasteiger partial charge in [-0.25, -0.2) is 0 Å². The van der Waals surface area contributed by atoms with Gasteiger partial charge in [0.25, 0.3) is 0 Å². The number of carbonyl (C=O) groups is 1. The number of hydrogen-bond acceptors (Lipinski definition) is 2. The third kappa shape index (κ3) is 3.21. The van der Waals surface area contributed by atoms with Gasteiger partial charge in [0.1, 0.15) is 5.69 Å². The lowest BCUT2D eigenvalue weighted by Crippen LogP contribution is -2.07. The highest BCUT2D eigenvalue weighted by atomic mass is 35.5. The predicted octanol–water partition coefficient (Wildman–Crippen LogP) is 6.94. The number of ketones is 1. The summed E-state index contributed by atoms with van der Waals surface area (Å²) in [5.74, 6) is -0.404. The zero-order chi connectivity index (χ0) is 20.1. The summed E-state index contributed by atoms with van der Waals surface area (Å²) < 4.78 is 39.8. The third-order valence-electron chi connectivity index (χ3n) is 4.45. The second kappa shape index (κ2) is 6.76. The van der Waals surface area contributed by atoms with Crippen molar-refractivity contribution >= 4 is 50.5 Å². The lowest BCUT2D eigenvalue weighted by atomic mass is 9.93. The molecule has 0 aliphatic carbocycles. The Bertz CT molecular complexity index is 1240. The number of aromatic nitrogens is 1. The highest BCUT2D eigenvalue weighted by molar-refractivity contribution is 6.40. The van der Waals surface area contributed by atoms with Gasteiger partial charge in [-0.2, -0.15) is 13.2 Å². The van der Waals surface area contributed by atoms with Gasteiger partial charge in [0.2, 0.25) is 5.78 Å². The zero-order valence-electron chi connectivity index (χ0n) is 14.0. The van der Waals surface area contributed by atoms with Crippen LogP contribution in [0.15, 0.2) is 60.8 Å². The monoisotopic (exact) mass is 419 g/mol. The summed E-state index contributed by atoms with van der Waals surface area (Å²) in [5.41, 5.74) is -0.410. The predicted molar refractivity (Wildman–Crippen MR) is 104 cm³/mol. The Balaban J connectivity index is 2.11. The summed E-state index contributed by atoms with van der Waals surface area (Å²) in [7, 11) is 0. The first-order chi connectivity index (χ1) is 13.3. The van der Waals surface area contributed by atoms with Crippen LogP contribution in [0.1, 0.15) is 21.6 Å². The number of hydrogen-bond donors (Lipinski definition) is 0. The SMILES string of the molecule is O=C(c1ccccn1)c1cc2c(Cl)cc(Cl)cc2c2cc(C(F)(F)F)ccc12. The normalized spacial score (nSPS) is 11.9. The smallest absolute Gasteiger partial charge is 0.287 e. The summed E-state index contributed by atoms with van der Waals surface area (Å²) in [5, 5.41) is 2.04. The van der Waals surface area contributed by atoms with Gasteiger partial charge in [-0.05, 0) is 58.6 Å². The molecule has 0 saturated heterocycles. The Morgan fingerprint density at radius 3 is 2.29 bits per heavy atom. The first-order valence-electron chi connectivity index (χ1n) is 8.14. The zero-order valence-corrected chi connectivity index (χ0v) is 15.5. The van der Waals surface area contributed by atoms with Crippen molar-refractivity contribution in [3.05, 3.63) is 87.7 Å². The maximum Gasteiger partial charge on any atom is 0.416 e. The third-order valence-corrected chi connectivity index (χ3v) is 4.98. The van der Waals surface area contributed by atoms with Crippen molar-refractivity contribution in [3.63, 3.8) is 0 Å². The summed E-state index contributed by atoms with van der Waals surface area (Å²) in [4.78, 5) is 17.1. The van der Waals surface area contributed by atoms with E-state index in [1.807, 2.05) is 0 Å². The molecule has 3 aromatic carbocycles. The Labute approximate surface area is 167 Å². The quantitative estimate of drug-likeness (QED) is 0.260. The Kier molecular flexibility index (Phi) is 4.52. The van der Waals surface area contributed by atoms with Gasteiger partial charge in [-0.15, -0.1) is 0 Å². The minimum atomic E-state index is -4.52. The number of halogens is 5. The van der Waals surface area contributed by atoms with Crippen molar-refractivity contribution in [2.75, 3.05) is 0 Å². The molecular formula is C21H10Cl2F3NO. The van der Waals surface area contributed by atoms with E-state index in [9.17, 15) is 18.0 Å². The van der Waals surface area contributed by atoms with Crippen molar-refractivity contribution in [1.82, 2.24) is 4.98 Å². The molecule has 0 aliphatic heterocycles. The minimum Gasteiger partial charge on any atom is -0.287 e. The van der Waals surface area contributed by atoms with E-state index in [0.717, 1.165) is 12.1 Å². The van der Waals surface area contributed by atoms with Crippen LogP contribution in [0.5, 0.6) is 0 Å². The van der Waals surface area contributed by atoms with E-state index in [1.54, 1.807) is 30.3 Å². The van der Waals surface area contributed by atoms with Crippen LogP contribution in [0.4, 0.5) is 13.2 Å². The van der Waals surface area contributed by atoms with E-state index in [-0.39, 0.29) is 21.7 Å². The molecule has 140 valence electrons. The van der Waals surface area contributed by atoms with Crippen LogP contribution in [0.25, 0.3) is 21.5 Å². The average molecular weight is 420 g/mol. The Morgan fingerprint density at radius 2 is 1.61 bits per heavy atom. The second-order valence-electron chi connectivity index (χ2n) is 6.21. The van der Waals surface area contributed by atoms with Crippen LogP contribution < -0.4 is 0 Å². The average Bonchev–Trinajstić information content (AvgIpc) is 2.66. The van der Waals surface area contributed by atoms with Crippen LogP contribution in [-0.2, 0) is 6.18 Å². The molecule has 28 heavy (non-hydrogen) atoms. The van der Waals surface area contributed by atoms with Crippen LogP contribution in [-0.4, -0.2) is 10.8 Å². The van der Waals surface area contributed by atoms with E-state index in [1.165, 1.54) is 18.3 Å². The molecule has 0 amide bonds. The van der Waals surface area contributed by atoms with E-state index < -0.39 is 17.5 Å². The Morgan fingerprint density at radius 1 is 0.857 bits per heavy atom. The van der Waals surface area contributed by atoms with E-state index in [0.29, 0.717) is 21.2 Å². The Hall–Kier alpha value is -2.63. The molecule has 7 heteroatoms. The maximum atomic E-state index is 13.3.